The number of furan rings is 1. The highest BCUT2D eigenvalue weighted by molar-refractivity contribution is 5.76. The normalized spacial score (nSPS) is 12.4. The average Bonchev–Trinajstić information content (AvgIpc) is 3.04. The third-order valence-corrected chi connectivity index (χ3v) is 3.99. The number of hydrogen-bond acceptors (Lipinski definition) is 6. The first-order chi connectivity index (χ1) is 11.3. The van der Waals surface area contributed by atoms with Gasteiger partial charge in [0.15, 0.2) is 0 Å². The number of para-hydroxylation sites is 2. The van der Waals surface area contributed by atoms with E-state index in [4.69, 9.17) is 14.9 Å². The first-order valence-electron chi connectivity index (χ1n) is 7.39. The maximum absolute atomic E-state index is 5.91. The smallest absolute Gasteiger partial charge is 0.222 e. The number of nitrogens with two attached hydrogens (primary N) is 1. The van der Waals surface area contributed by atoms with E-state index in [1.54, 1.807) is 13.4 Å². The van der Waals surface area contributed by atoms with E-state index in [2.05, 4.69) is 15.3 Å². The summed E-state index contributed by atoms with van der Waals surface area (Å²) >= 11 is 0. The van der Waals surface area contributed by atoms with Crippen molar-refractivity contribution < 1.29 is 9.15 Å². The van der Waals surface area contributed by atoms with Crippen molar-refractivity contribution in [3.05, 3.63) is 47.9 Å². The standard InChI is InChI=1S/C17H16N4O2/c1-22-14-5-3-2-4-12(14)19-16-11-6-7-13-10(8-9-23-13)15(11)20-17(18)21-16/h2-5,8-9H,6-7H2,1H3,(H3,18,19,20,21). The molecule has 1 aromatic carbocycles. The third-order valence-electron chi connectivity index (χ3n) is 3.99. The van der Waals surface area contributed by atoms with Crippen molar-refractivity contribution in [2.45, 2.75) is 12.8 Å². The number of benzene rings is 1. The van der Waals surface area contributed by atoms with Crippen LogP contribution in [0, 0.1) is 0 Å². The number of nitrogen functional groups attached to an aromatic ring is 1. The van der Waals surface area contributed by atoms with Crippen molar-refractivity contribution >= 4 is 17.5 Å². The maximum Gasteiger partial charge on any atom is 0.222 e. The molecule has 0 aliphatic heterocycles. The summed E-state index contributed by atoms with van der Waals surface area (Å²) in [4.78, 5) is 8.79. The number of aromatic nitrogens is 2. The Morgan fingerprint density at radius 3 is 2.91 bits per heavy atom. The van der Waals surface area contributed by atoms with E-state index in [0.717, 1.165) is 46.9 Å². The van der Waals surface area contributed by atoms with Crippen molar-refractivity contribution in [2.24, 2.45) is 0 Å². The molecule has 3 N–H and O–H groups in total. The minimum atomic E-state index is 0.232. The number of hydrogen-bond donors (Lipinski definition) is 2. The Balaban J connectivity index is 1.82. The first kappa shape index (κ1) is 13.6. The van der Waals surface area contributed by atoms with Crippen LogP contribution >= 0.6 is 0 Å². The Hall–Kier alpha value is -3.02. The average molecular weight is 308 g/mol. The largest absolute Gasteiger partial charge is 0.495 e. The number of aryl methyl sites for hydroxylation is 1. The highest BCUT2D eigenvalue weighted by Gasteiger charge is 2.24. The molecule has 0 saturated heterocycles. The van der Waals surface area contributed by atoms with Crippen molar-refractivity contribution in [3.63, 3.8) is 0 Å². The summed E-state index contributed by atoms with van der Waals surface area (Å²) in [5.74, 6) is 2.64. The van der Waals surface area contributed by atoms with Crippen LogP contribution in [0.3, 0.4) is 0 Å². The van der Waals surface area contributed by atoms with Gasteiger partial charge in [0.25, 0.3) is 0 Å². The van der Waals surface area contributed by atoms with E-state index in [9.17, 15) is 0 Å². The Morgan fingerprint density at radius 2 is 2.04 bits per heavy atom. The minimum Gasteiger partial charge on any atom is -0.495 e. The van der Waals surface area contributed by atoms with Crippen molar-refractivity contribution in [1.82, 2.24) is 9.97 Å². The molecule has 0 atom stereocenters. The van der Waals surface area contributed by atoms with Gasteiger partial charge in [-0.15, -0.1) is 0 Å². The molecule has 0 radical (unpaired) electrons. The lowest BCUT2D eigenvalue weighted by Gasteiger charge is -2.19. The zero-order valence-corrected chi connectivity index (χ0v) is 12.7. The highest BCUT2D eigenvalue weighted by atomic mass is 16.5. The molecule has 0 fully saturated rings. The number of anilines is 3. The van der Waals surface area contributed by atoms with Crippen LogP contribution in [0.4, 0.5) is 17.5 Å². The SMILES string of the molecule is COc1ccccc1Nc1nc(N)nc2c1CCc1occc1-2. The summed E-state index contributed by atoms with van der Waals surface area (Å²) in [6.07, 6.45) is 3.31. The summed E-state index contributed by atoms with van der Waals surface area (Å²) in [7, 11) is 1.64. The molecule has 6 heteroatoms. The third kappa shape index (κ3) is 2.28. The van der Waals surface area contributed by atoms with Crippen LogP contribution in [-0.2, 0) is 12.8 Å². The molecule has 0 amide bonds. The second-order valence-electron chi connectivity index (χ2n) is 5.34. The Kier molecular flexibility index (Phi) is 3.15. The van der Waals surface area contributed by atoms with Crippen molar-refractivity contribution in [2.75, 3.05) is 18.2 Å². The van der Waals surface area contributed by atoms with Gasteiger partial charge in [0.2, 0.25) is 5.95 Å². The van der Waals surface area contributed by atoms with Crippen LogP contribution in [0.25, 0.3) is 11.3 Å². The monoisotopic (exact) mass is 308 g/mol. The van der Waals surface area contributed by atoms with Crippen LogP contribution in [0.5, 0.6) is 5.75 Å². The lowest BCUT2D eigenvalue weighted by Crippen LogP contribution is -2.11. The van der Waals surface area contributed by atoms with E-state index in [0.29, 0.717) is 5.82 Å². The molecule has 4 rings (SSSR count). The van der Waals surface area contributed by atoms with E-state index in [1.807, 2.05) is 30.3 Å². The molecule has 0 saturated carbocycles. The molecule has 0 bridgehead atoms. The van der Waals surface area contributed by atoms with E-state index >= 15 is 0 Å². The van der Waals surface area contributed by atoms with Crippen molar-refractivity contribution in [3.8, 4) is 17.0 Å². The summed E-state index contributed by atoms with van der Waals surface area (Å²) in [5, 5.41) is 3.33. The summed E-state index contributed by atoms with van der Waals surface area (Å²) in [6.45, 7) is 0. The second kappa shape index (κ2) is 5.31. The van der Waals surface area contributed by atoms with Gasteiger partial charge in [-0.25, -0.2) is 4.98 Å². The van der Waals surface area contributed by atoms with Crippen LogP contribution in [0.1, 0.15) is 11.3 Å². The molecule has 3 aromatic rings. The summed E-state index contributed by atoms with van der Waals surface area (Å²) in [5.41, 5.74) is 9.62. The molecule has 23 heavy (non-hydrogen) atoms. The topological polar surface area (TPSA) is 86.2 Å². The molecule has 0 spiro atoms. The molecule has 1 aliphatic rings. The van der Waals surface area contributed by atoms with Crippen LogP contribution < -0.4 is 15.8 Å². The highest BCUT2D eigenvalue weighted by Crippen LogP contribution is 2.38. The van der Waals surface area contributed by atoms with Gasteiger partial charge in [0.05, 0.1) is 24.8 Å². The maximum atomic E-state index is 5.91. The van der Waals surface area contributed by atoms with Gasteiger partial charge in [-0.05, 0) is 24.6 Å². The van der Waals surface area contributed by atoms with E-state index in [-0.39, 0.29) is 5.95 Å². The van der Waals surface area contributed by atoms with Gasteiger partial charge in [0.1, 0.15) is 17.3 Å². The molecule has 6 nitrogen and oxygen atoms in total. The minimum absolute atomic E-state index is 0.232. The predicted molar refractivity (Wildman–Crippen MR) is 87.8 cm³/mol. The lowest BCUT2D eigenvalue weighted by atomic mass is 9.95. The molecular weight excluding hydrogens is 292 g/mol. The van der Waals surface area contributed by atoms with E-state index in [1.165, 1.54) is 0 Å². The summed E-state index contributed by atoms with van der Waals surface area (Å²) in [6, 6.07) is 9.62. The van der Waals surface area contributed by atoms with Gasteiger partial charge < -0.3 is 20.2 Å². The Morgan fingerprint density at radius 1 is 1.17 bits per heavy atom. The van der Waals surface area contributed by atoms with E-state index < -0.39 is 0 Å². The van der Waals surface area contributed by atoms with Crippen molar-refractivity contribution in [1.29, 1.82) is 0 Å². The fraction of sp³-hybridized carbons (Fsp3) is 0.176. The van der Waals surface area contributed by atoms with Gasteiger partial charge in [-0.1, -0.05) is 12.1 Å². The fourth-order valence-electron chi connectivity index (χ4n) is 2.92. The first-order valence-corrected chi connectivity index (χ1v) is 7.39. The Labute approximate surface area is 133 Å². The number of ether oxygens (including phenoxy) is 1. The number of fused-ring (bicyclic) bond motifs is 3. The lowest BCUT2D eigenvalue weighted by molar-refractivity contribution is 0.417. The van der Waals surface area contributed by atoms with Crippen LogP contribution in [0.2, 0.25) is 0 Å². The number of methoxy groups -OCH3 is 1. The fourth-order valence-corrected chi connectivity index (χ4v) is 2.92. The molecule has 116 valence electrons. The molecule has 1 aliphatic carbocycles. The van der Waals surface area contributed by atoms with Crippen LogP contribution in [-0.4, -0.2) is 17.1 Å². The van der Waals surface area contributed by atoms with Gasteiger partial charge in [0, 0.05) is 17.5 Å². The number of nitrogens with one attached hydrogen (secondary N) is 1. The molecule has 0 unspecified atom stereocenters. The quantitative estimate of drug-likeness (QED) is 0.773. The van der Waals surface area contributed by atoms with Crippen LogP contribution in [0.15, 0.2) is 41.0 Å². The molecular formula is C17H16N4O2. The zero-order chi connectivity index (χ0) is 15.8. The number of nitrogens with zero attached hydrogens (tertiary/aromatic N) is 2. The zero-order valence-electron chi connectivity index (χ0n) is 12.7. The second-order valence-corrected chi connectivity index (χ2v) is 5.34. The van der Waals surface area contributed by atoms with Gasteiger partial charge in [-0.3, -0.25) is 0 Å². The molecule has 2 aromatic heterocycles. The molecule has 2 heterocycles. The predicted octanol–water partition coefficient (Wildman–Crippen LogP) is 3.17. The van der Waals surface area contributed by atoms with Gasteiger partial charge >= 0.3 is 0 Å². The number of rotatable bonds is 3. The van der Waals surface area contributed by atoms with Gasteiger partial charge in [-0.2, -0.15) is 4.98 Å². The summed E-state index contributed by atoms with van der Waals surface area (Å²) < 4.78 is 10.9. The Bertz CT molecular complexity index is 873.